The number of hydrogen-bond donors (Lipinski definition) is 1. The maximum atomic E-state index is 12.1. The summed E-state index contributed by atoms with van der Waals surface area (Å²) >= 11 is 0. The van der Waals surface area contributed by atoms with Crippen molar-refractivity contribution in [1.29, 1.82) is 0 Å². The summed E-state index contributed by atoms with van der Waals surface area (Å²) in [7, 11) is 0. The first kappa shape index (κ1) is 15.6. The van der Waals surface area contributed by atoms with E-state index >= 15 is 0 Å². The summed E-state index contributed by atoms with van der Waals surface area (Å²) in [5.74, 6) is 1.58. The van der Waals surface area contributed by atoms with Crippen LogP contribution < -0.4 is 5.32 Å². The molecule has 0 atom stereocenters. The lowest BCUT2D eigenvalue weighted by Crippen LogP contribution is -2.25. The molecule has 25 heavy (non-hydrogen) atoms. The van der Waals surface area contributed by atoms with Crippen molar-refractivity contribution in [1.82, 2.24) is 15.5 Å². The molecule has 0 unspecified atom stereocenters. The number of aryl methyl sites for hydroxylation is 1. The molecule has 1 heterocycles. The van der Waals surface area contributed by atoms with E-state index < -0.39 is 0 Å². The quantitative estimate of drug-likeness (QED) is 0.770. The minimum atomic E-state index is -0.0374. The predicted molar refractivity (Wildman–Crippen MR) is 95.0 cm³/mol. The number of hydrogen-bond acceptors (Lipinski definition) is 4. The van der Waals surface area contributed by atoms with Crippen LogP contribution in [0.15, 0.2) is 52.9 Å². The number of rotatable bonds is 5. The summed E-state index contributed by atoms with van der Waals surface area (Å²) in [6, 6.07) is 15.1. The molecule has 1 aliphatic carbocycles. The highest BCUT2D eigenvalue weighted by Crippen LogP contribution is 2.28. The van der Waals surface area contributed by atoms with Gasteiger partial charge in [-0.2, -0.15) is 0 Å². The minimum Gasteiger partial charge on any atom is -0.416 e. The smallest absolute Gasteiger partial charge is 0.251 e. The third-order valence-corrected chi connectivity index (χ3v) is 4.44. The fourth-order valence-electron chi connectivity index (χ4n) is 2.69. The van der Waals surface area contributed by atoms with Gasteiger partial charge in [0.05, 0.1) is 0 Å². The molecule has 126 valence electrons. The summed E-state index contributed by atoms with van der Waals surface area (Å²) in [6.45, 7) is 2.78. The predicted octanol–water partition coefficient (Wildman–Crippen LogP) is 3.85. The van der Waals surface area contributed by atoms with Gasteiger partial charge in [-0.05, 0) is 61.6 Å². The second-order valence-corrected chi connectivity index (χ2v) is 6.46. The van der Waals surface area contributed by atoms with Gasteiger partial charge in [-0.15, -0.1) is 10.2 Å². The number of benzene rings is 2. The molecule has 0 bridgehead atoms. The molecule has 1 aromatic heterocycles. The van der Waals surface area contributed by atoms with E-state index in [1.165, 1.54) is 12.8 Å². The van der Waals surface area contributed by atoms with Crippen molar-refractivity contribution in [3.8, 4) is 22.9 Å². The van der Waals surface area contributed by atoms with Crippen LogP contribution in [0.25, 0.3) is 22.9 Å². The van der Waals surface area contributed by atoms with Gasteiger partial charge in [0.15, 0.2) is 0 Å². The highest BCUT2D eigenvalue weighted by Gasteiger charge is 2.22. The molecule has 0 spiro atoms. The number of aromatic nitrogens is 2. The Labute approximate surface area is 146 Å². The zero-order valence-electron chi connectivity index (χ0n) is 14.0. The van der Waals surface area contributed by atoms with Crippen molar-refractivity contribution in [2.45, 2.75) is 19.8 Å². The van der Waals surface area contributed by atoms with E-state index in [4.69, 9.17) is 4.42 Å². The molecule has 1 aliphatic rings. The number of nitrogens with one attached hydrogen (secondary N) is 1. The first-order chi connectivity index (χ1) is 12.2. The zero-order valence-corrected chi connectivity index (χ0v) is 14.0. The molecule has 1 fully saturated rings. The normalized spacial score (nSPS) is 13.6. The summed E-state index contributed by atoms with van der Waals surface area (Å²) in [5, 5.41) is 11.2. The maximum Gasteiger partial charge on any atom is 0.251 e. The molecule has 1 amide bonds. The number of carbonyl (C=O) groups is 1. The summed E-state index contributed by atoms with van der Waals surface area (Å²) in [6.07, 6.45) is 2.44. The molecule has 1 N–H and O–H groups in total. The van der Waals surface area contributed by atoms with Gasteiger partial charge in [0.1, 0.15) is 0 Å². The van der Waals surface area contributed by atoms with Crippen LogP contribution in [0.5, 0.6) is 0 Å². The van der Waals surface area contributed by atoms with Crippen LogP contribution >= 0.6 is 0 Å². The molecule has 3 aromatic rings. The fourth-order valence-corrected chi connectivity index (χ4v) is 2.69. The van der Waals surface area contributed by atoms with Crippen molar-refractivity contribution in [3.63, 3.8) is 0 Å². The van der Waals surface area contributed by atoms with Crippen LogP contribution in [0.1, 0.15) is 28.8 Å². The highest BCUT2D eigenvalue weighted by atomic mass is 16.4. The van der Waals surface area contributed by atoms with Gasteiger partial charge in [-0.1, -0.05) is 18.2 Å². The fraction of sp³-hybridized carbons (Fsp3) is 0.250. The first-order valence-electron chi connectivity index (χ1n) is 8.49. The molecule has 5 heteroatoms. The van der Waals surface area contributed by atoms with Gasteiger partial charge < -0.3 is 9.73 Å². The molecule has 5 nitrogen and oxygen atoms in total. The number of amides is 1. The van der Waals surface area contributed by atoms with Crippen molar-refractivity contribution >= 4 is 5.91 Å². The molecule has 0 radical (unpaired) electrons. The van der Waals surface area contributed by atoms with E-state index in [9.17, 15) is 4.79 Å². The topological polar surface area (TPSA) is 68.0 Å². The van der Waals surface area contributed by atoms with Gasteiger partial charge in [-0.3, -0.25) is 4.79 Å². The second kappa shape index (κ2) is 6.51. The second-order valence-electron chi connectivity index (χ2n) is 6.46. The Morgan fingerprint density at radius 1 is 1.08 bits per heavy atom. The van der Waals surface area contributed by atoms with E-state index in [1.807, 2.05) is 43.3 Å². The van der Waals surface area contributed by atoms with Crippen LogP contribution in [0.2, 0.25) is 0 Å². The summed E-state index contributed by atoms with van der Waals surface area (Å²) in [4.78, 5) is 12.1. The van der Waals surface area contributed by atoms with Gasteiger partial charge in [0.2, 0.25) is 11.8 Å². The number of carbonyl (C=O) groups excluding carboxylic acids is 1. The van der Waals surface area contributed by atoms with Gasteiger partial charge in [0.25, 0.3) is 5.91 Å². The standard InChI is InChI=1S/C20H19N3O2/c1-13-4-2-3-5-17(13)20-23-22-19(25-20)16-10-8-15(9-11-16)18(24)21-12-14-6-7-14/h2-5,8-11,14H,6-7,12H2,1H3,(H,21,24). The first-order valence-corrected chi connectivity index (χ1v) is 8.49. The van der Waals surface area contributed by atoms with E-state index in [2.05, 4.69) is 15.5 Å². The molecule has 0 aliphatic heterocycles. The molecular weight excluding hydrogens is 314 g/mol. The lowest BCUT2D eigenvalue weighted by Gasteiger charge is -2.04. The SMILES string of the molecule is Cc1ccccc1-c1nnc(-c2ccc(C(=O)NCC3CC3)cc2)o1. The van der Waals surface area contributed by atoms with E-state index in [1.54, 1.807) is 12.1 Å². The Balaban J connectivity index is 1.50. The van der Waals surface area contributed by atoms with Crippen molar-refractivity contribution in [3.05, 3.63) is 59.7 Å². The lowest BCUT2D eigenvalue weighted by molar-refractivity contribution is 0.0952. The van der Waals surface area contributed by atoms with Crippen LogP contribution in [0, 0.1) is 12.8 Å². The maximum absolute atomic E-state index is 12.1. The summed E-state index contributed by atoms with van der Waals surface area (Å²) < 4.78 is 5.80. The van der Waals surface area contributed by atoms with Crippen LogP contribution in [-0.2, 0) is 0 Å². The van der Waals surface area contributed by atoms with Crippen LogP contribution in [0.3, 0.4) is 0 Å². The minimum absolute atomic E-state index is 0.0374. The Morgan fingerprint density at radius 3 is 2.52 bits per heavy atom. The van der Waals surface area contributed by atoms with Crippen molar-refractivity contribution in [2.75, 3.05) is 6.54 Å². The van der Waals surface area contributed by atoms with Crippen molar-refractivity contribution in [2.24, 2.45) is 5.92 Å². The van der Waals surface area contributed by atoms with E-state index in [0.717, 1.165) is 23.2 Å². The van der Waals surface area contributed by atoms with Gasteiger partial charge >= 0.3 is 0 Å². The Hall–Kier alpha value is -2.95. The Kier molecular flexibility index (Phi) is 4.06. The number of nitrogens with zero attached hydrogens (tertiary/aromatic N) is 2. The molecule has 1 saturated carbocycles. The highest BCUT2D eigenvalue weighted by molar-refractivity contribution is 5.94. The monoisotopic (exact) mass is 333 g/mol. The molecular formula is C20H19N3O2. The zero-order chi connectivity index (χ0) is 17.2. The Morgan fingerprint density at radius 2 is 1.80 bits per heavy atom. The van der Waals surface area contributed by atoms with E-state index in [-0.39, 0.29) is 5.91 Å². The van der Waals surface area contributed by atoms with Crippen molar-refractivity contribution < 1.29 is 9.21 Å². The van der Waals surface area contributed by atoms with Crippen LogP contribution in [-0.4, -0.2) is 22.6 Å². The molecule has 0 saturated heterocycles. The average Bonchev–Trinajstić information content (AvgIpc) is 3.35. The van der Waals surface area contributed by atoms with Gasteiger partial charge in [0, 0.05) is 23.2 Å². The summed E-state index contributed by atoms with van der Waals surface area (Å²) in [5.41, 5.74) is 3.45. The molecule has 4 rings (SSSR count). The third-order valence-electron chi connectivity index (χ3n) is 4.44. The largest absolute Gasteiger partial charge is 0.416 e. The third kappa shape index (κ3) is 3.45. The van der Waals surface area contributed by atoms with Crippen LogP contribution in [0.4, 0.5) is 0 Å². The lowest BCUT2D eigenvalue weighted by atomic mass is 10.1. The Bertz CT molecular complexity index is 895. The average molecular weight is 333 g/mol. The van der Waals surface area contributed by atoms with E-state index in [0.29, 0.717) is 23.3 Å². The van der Waals surface area contributed by atoms with Gasteiger partial charge in [-0.25, -0.2) is 0 Å². The molecule has 2 aromatic carbocycles.